The molecule has 0 spiro atoms. The van der Waals surface area contributed by atoms with Crippen molar-refractivity contribution < 1.29 is 14.3 Å². The largest absolute Gasteiger partial charge is 0.493 e. The van der Waals surface area contributed by atoms with E-state index in [0.717, 1.165) is 14.7 Å². The molecular formula is C21H16ClI2N3O3. The van der Waals surface area contributed by atoms with Gasteiger partial charge in [0.25, 0.3) is 5.91 Å². The van der Waals surface area contributed by atoms with Crippen LogP contribution in [0.15, 0.2) is 59.8 Å². The van der Waals surface area contributed by atoms with E-state index >= 15 is 0 Å². The molecule has 0 fully saturated rings. The molecule has 6 nitrogen and oxygen atoms in total. The van der Waals surface area contributed by atoms with Crippen LogP contribution in [-0.4, -0.2) is 24.2 Å². The van der Waals surface area contributed by atoms with E-state index in [1.165, 1.54) is 16.0 Å². The van der Waals surface area contributed by atoms with Crippen molar-refractivity contribution in [2.45, 2.75) is 6.61 Å². The number of amides is 1. The standard InChI is InChI=1S/C21H16ClI2N3O3/c1-29-18-10-14(11-26-27-21(28)16-3-2-8-25-20(16)22)9-17(24)19(18)30-12-13-4-6-15(23)7-5-13/h2-11H,12H2,1H3,(H,27,28). The van der Waals surface area contributed by atoms with Gasteiger partial charge in [-0.05, 0) is 92.7 Å². The Balaban J connectivity index is 1.70. The Labute approximate surface area is 206 Å². The molecule has 1 aromatic heterocycles. The van der Waals surface area contributed by atoms with E-state index in [4.69, 9.17) is 21.1 Å². The molecule has 1 heterocycles. The molecule has 1 amide bonds. The number of methoxy groups -OCH3 is 1. The summed E-state index contributed by atoms with van der Waals surface area (Å²) in [4.78, 5) is 16.0. The molecule has 30 heavy (non-hydrogen) atoms. The van der Waals surface area contributed by atoms with Crippen molar-refractivity contribution in [3.8, 4) is 11.5 Å². The Morgan fingerprint density at radius 1 is 1.23 bits per heavy atom. The van der Waals surface area contributed by atoms with Crippen molar-refractivity contribution in [2.75, 3.05) is 7.11 Å². The van der Waals surface area contributed by atoms with Crippen LogP contribution in [0.3, 0.4) is 0 Å². The van der Waals surface area contributed by atoms with Crippen LogP contribution in [0.5, 0.6) is 11.5 Å². The predicted molar refractivity (Wildman–Crippen MR) is 134 cm³/mol. The van der Waals surface area contributed by atoms with Gasteiger partial charge in [-0.2, -0.15) is 5.10 Å². The number of hydrogen-bond acceptors (Lipinski definition) is 5. The lowest BCUT2D eigenvalue weighted by Crippen LogP contribution is -2.18. The Morgan fingerprint density at radius 2 is 2.00 bits per heavy atom. The van der Waals surface area contributed by atoms with Crippen LogP contribution >= 0.6 is 56.8 Å². The van der Waals surface area contributed by atoms with Crippen LogP contribution in [0.4, 0.5) is 0 Å². The molecule has 0 saturated carbocycles. The zero-order valence-electron chi connectivity index (χ0n) is 15.7. The lowest BCUT2D eigenvalue weighted by atomic mass is 10.2. The van der Waals surface area contributed by atoms with E-state index in [-0.39, 0.29) is 10.7 Å². The van der Waals surface area contributed by atoms with Crippen LogP contribution < -0.4 is 14.9 Å². The molecule has 1 N–H and O–H groups in total. The summed E-state index contributed by atoms with van der Waals surface area (Å²) in [5.74, 6) is 0.791. The summed E-state index contributed by atoms with van der Waals surface area (Å²) in [5.41, 5.74) is 4.51. The molecule has 0 bridgehead atoms. The lowest BCUT2D eigenvalue weighted by Gasteiger charge is -2.13. The highest BCUT2D eigenvalue weighted by Gasteiger charge is 2.12. The Kier molecular flexibility index (Phi) is 8.28. The van der Waals surface area contributed by atoms with Crippen LogP contribution in [0.1, 0.15) is 21.5 Å². The first-order valence-electron chi connectivity index (χ1n) is 8.66. The van der Waals surface area contributed by atoms with Gasteiger partial charge in [0, 0.05) is 9.77 Å². The zero-order chi connectivity index (χ0) is 21.5. The highest BCUT2D eigenvalue weighted by Crippen LogP contribution is 2.34. The van der Waals surface area contributed by atoms with Crippen molar-refractivity contribution >= 4 is 68.9 Å². The maximum Gasteiger partial charge on any atom is 0.274 e. The lowest BCUT2D eigenvalue weighted by molar-refractivity contribution is 0.0955. The summed E-state index contributed by atoms with van der Waals surface area (Å²) in [5, 5.41) is 4.12. The van der Waals surface area contributed by atoms with Crippen LogP contribution in [-0.2, 0) is 6.61 Å². The SMILES string of the molecule is COc1cc(C=NNC(=O)c2cccnc2Cl)cc(I)c1OCc1ccc(I)cc1. The number of halogens is 3. The maximum absolute atomic E-state index is 12.1. The molecule has 3 rings (SSSR count). The molecule has 0 radical (unpaired) electrons. The van der Waals surface area contributed by atoms with Crippen molar-refractivity contribution in [3.63, 3.8) is 0 Å². The maximum atomic E-state index is 12.1. The van der Waals surface area contributed by atoms with E-state index in [9.17, 15) is 4.79 Å². The Hall–Kier alpha value is -1.92. The van der Waals surface area contributed by atoms with Gasteiger partial charge < -0.3 is 9.47 Å². The van der Waals surface area contributed by atoms with Crippen LogP contribution in [0.2, 0.25) is 5.15 Å². The average molecular weight is 648 g/mol. The number of benzene rings is 2. The fraction of sp³-hybridized carbons (Fsp3) is 0.0952. The number of nitrogens with zero attached hydrogens (tertiary/aromatic N) is 2. The summed E-state index contributed by atoms with van der Waals surface area (Å²) in [7, 11) is 1.58. The second-order valence-electron chi connectivity index (χ2n) is 5.99. The van der Waals surface area contributed by atoms with E-state index in [1.807, 2.05) is 30.3 Å². The summed E-state index contributed by atoms with van der Waals surface area (Å²) >= 11 is 10.4. The highest BCUT2D eigenvalue weighted by atomic mass is 127. The first kappa shape index (κ1) is 22.8. The number of hydrogen-bond donors (Lipinski definition) is 1. The van der Waals surface area contributed by atoms with Crippen molar-refractivity contribution in [2.24, 2.45) is 5.10 Å². The normalized spacial score (nSPS) is 10.8. The first-order valence-corrected chi connectivity index (χ1v) is 11.2. The number of hydrazone groups is 1. The molecule has 0 aliphatic carbocycles. The van der Waals surface area contributed by atoms with Gasteiger partial charge in [-0.15, -0.1) is 0 Å². The molecule has 0 atom stereocenters. The fourth-order valence-corrected chi connectivity index (χ4v) is 3.82. The number of rotatable bonds is 7. The van der Waals surface area contributed by atoms with Gasteiger partial charge in [0.2, 0.25) is 0 Å². The molecule has 9 heteroatoms. The molecule has 0 saturated heterocycles. The van der Waals surface area contributed by atoms with Gasteiger partial charge in [-0.25, -0.2) is 10.4 Å². The van der Waals surface area contributed by atoms with Crippen molar-refractivity contribution in [1.82, 2.24) is 10.4 Å². The second kappa shape index (κ2) is 10.9. The third-order valence-corrected chi connectivity index (χ3v) is 5.75. The molecule has 3 aromatic rings. The van der Waals surface area contributed by atoms with Gasteiger partial charge in [0.1, 0.15) is 11.8 Å². The Morgan fingerprint density at radius 3 is 2.70 bits per heavy atom. The topological polar surface area (TPSA) is 72.8 Å². The van der Waals surface area contributed by atoms with Gasteiger partial charge >= 0.3 is 0 Å². The number of ether oxygens (including phenoxy) is 2. The smallest absolute Gasteiger partial charge is 0.274 e. The van der Waals surface area contributed by atoms with Gasteiger partial charge in [-0.1, -0.05) is 23.7 Å². The van der Waals surface area contributed by atoms with Crippen molar-refractivity contribution in [3.05, 3.63) is 83.7 Å². The minimum atomic E-state index is -0.441. The minimum Gasteiger partial charge on any atom is -0.493 e. The molecular weight excluding hydrogens is 632 g/mol. The number of nitrogens with one attached hydrogen (secondary N) is 1. The summed E-state index contributed by atoms with van der Waals surface area (Å²) in [6, 6.07) is 15.0. The molecule has 2 aromatic carbocycles. The third-order valence-electron chi connectivity index (χ3n) is 3.93. The van der Waals surface area contributed by atoms with E-state index in [1.54, 1.807) is 25.3 Å². The van der Waals surface area contributed by atoms with Crippen molar-refractivity contribution in [1.29, 1.82) is 0 Å². The number of aromatic nitrogens is 1. The van der Waals surface area contributed by atoms with Crippen LogP contribution in [0, 0.1) is 7.14 Å². The summed E-state index contributed by atoms with van der Waals surface area (Å²) < 4.78 is 13.5. The van der Waals surface area contributed by atoms with Crippen LogP contribution in [0.25, 0.3) is 0 Å². The van der Waals surface area contributed by atoms with Gasteiger partial charge in [-0.3, -0.25) is 4.79 Å². The highest BCUT2D eigenvalue weighted by molar-refractivity contribution is 14.1. The quantitative estimate of drug-likeness (QED) is 0.164. The first-order chi connectivity index (χ1) is 14.5. The van der Waals surface area contributed by atoms with E-state index < -0.39 is 5.91 Å². The fourth-order valence-electron chi connectivity index (χ4n) is 2.47. The van der Waals surface area contributed by atoms with E-state index in [0.29, 0.717) is 18.1 Å². The van der Waals surface area contributed by atoms with E-state index in [2.05, 4.69) is 60.7 Å². The number of pyridine rings is 1. The number of carbonyl (C=O) groups is 1. The molecule has 0 aliphatic rings. The summed E-state index contributed by atoms with van der Waals surface area (Å²) in [6.45, 7) is 0.429. The second-order valence-corrected chi connectivity index (χ2v) is 8.76. The zero-order valence-corrected chi connectivity index (χ0v) is 20.8. The average Bonchev–Trinajstić information content (AvgIpc) is 2.74. The third kappa shape index (κ3) is 6.05. The monoisotopic (exact) mass is 647 g/mol. The molecule has 0 aliphatic heterocycles. The molecule has 0 unspecified atom stereocenters. The number of carbonyl (C=O) groups excluding carboxylic acids is 1. The Bertz CT molecular complexity index is 1080. The van der Waals surface area contributed by atoms with Gasteiger partial charge in [0.05, 0.1) is 22.5 Å². The van der Waals surface area contributed by atoms with Gasteiger partial charge in [0.15, 0.2) is 11.5 Å². The molecule has 154 valence electrons. The summed E-state index contributed by atoms with van der Waals surface area (Å²) in [6.07, 6.45) is 3.04. The predicted octanol–water partition coefficient (Wildman–Crippen LogP) is 5.30. The minimum absolute atomic E-state index is 0.121.